The van der Waals surface area contributed by atoms with E-state index in [9.17, 15) is 2.74 Å². The third-order valence-corrected chi connectivity index (χ3v) is 14.5. The van der Waals surface area contributed by atoms with Gasteiger partial charge in [0, 0.05) is 45.9 Å². The van der Waals surface area contributed by atoms with Crippen molar-refractivity contribution in [3.05, 3.63) is 192 Å². The molecule has 3 heterocycles. The van der Waals surface area contributed by atoms with E-state index < -0.39 is 6.04 Å². The number of pyridine rings is 1. The van der Waals surface area contributed by atoms with Gasteiger partial charge in [-0.05, 0) is 139 Å². The normalized spacial score (nSPS) is 14.5. The lowest BCUT2D eigenvalue weighted by Crippen LogP contribution is -2.25. The SMILES string of the molecule is [2H]c1c([2H])c([2H])c(-c2cc(C(C)(C)C)cc(-c3cc(C(C)(C)C)cc(C(C)(C)C)c3)c2N2CN(c3cccc(Oc4ccc5c6cc(C(C)(C)C)ccc6n(-c6cc(C(C)(C)C)ccn6)c5c4)c3)c3ccccc32)c([2H])c1[2H]. The van der Waals surface area contributed by atoms with Crippen molar-refractivity contribution in [2.45, 2.75) is 131 Å². The number of aromatic nitrogens is 2. The van der Waals surface area contributed by atoms with Crippen LogP contribution in [0, 0.1) is 0 Å². The highest BCUT2D eigenvalue weighted by atomic mass is 16.5. The molecule has 0 N–H and O–H groups in total. The first-order valence-electron chi connectivity index (χ1n) is 28.3. The summed E-state index contributed by atoms with van der Waals surface area (Å²) in [4.78, 5) is 9.49. The van der Waals surface area contributed by atoms with Crippen molar-refractivity contribution in [1.82, 2.24) is 9.55 Å². The van der Waals surface area contributed by atoms with Crippen molar-refractivity contribution < 1.29 is 11.6 Å². The fourth-order valence-electron chi connectivity index (χ4n) is 10.1. The van der Waals surface area contributed by atoms with E-state index in [1.54, 1.807) is 0 Å². The molecule has 0 amide bonds. The van der Waals surface area contributed by atoms with Crippen LogP contribution in [0.15, 0.2) is 164 Å². The van der Waals surface area contributed by atoms with E-state index in [0.29, 0.717) is 23.7 Å². The summed E-state index contributed by atoms with van der Waals surface area (Å²) >= 11 is 0. The molecule has 0 saturated heterocycles. The van der Waals surface area contributed by atoms with Crippen LogP contribution in [0.4, 0.5) is 22.7 Å². The van der Waals surface area contributed by atoms with Crippen molar-refractivity contribution in [3.8, 4) is 39.6 Å². The third kappa shape index (κ3) is 9.56. The number of hydrogen-bond donors (Lipinski definition) is 0. The van der Waals surface area contributed by atoms with Crippen LogP contribution in [0.1, 0.15) is 139 Å². The van der Waals surface area contributed by atoms with E-state index in [-0.39, 0.29) is 56.8 Å². The van der Waals surface area contributed by atoms with Crippen LogP contribution in [0.5, 0.6) is 11.5 Å². The van der Waals surface area contributed by atoms with Crippen molar-refractivity contribution in [1.29, 1.82) is 0 Å². The average molecular weight is 968 g/mol. The van der Waals surface area contributed by atoms with Gasteiger partial charge in [0.05, 0.1) is 34.9 Å². The van der Waals surface area contributed by atoms with Crippen LogP contribution in [0.25, 0.3) is 49.9 Å². The number of fused-ring (bicyclic) bond motifs is 4. The van der Waals surface area contributed by atoms with E-state index in [2.05, 4.69) is 221 Å². The van der Waals surface area contributed by atoms with E-state index in [1.807, 2.05) is 30.5 Å². The molecule has 0 bridgehead atoms. The summed E-state index contributed by atoms with van der Waals surface area (Å²) in [5, 5.41) is 2.28. The molecule has 7 aromatic carbocycles. The average Bonchev–Trinajstić information content (AvgIpc) is 4.02. The Bertz CT molecular complexity index is 3790. The van der Waals surface area contributed by atoms with Gasteiger partial charge in [0.15, 0.2) is 0 Å². The molecule has 1 aliphatic heterocycles. The van der Waals surface area contributed by atoms with Crippen molar-refractivity contribution in [3.63, 3.8) is 0 Å². The Kier molecular flexibility index (Phi) is 10.6. The second-order valence-electron chi connectivity index (χ2n) is 25.2. The largest absolute Gasteiger partial charge is 0.457 e. The second kappa shape index (κ2) is 17.8. The Labute approximate surface area is 442 Å². The molecule has 0 radical (unpaired) electrons. The molecule has 0 atom stereocenters. The van der Waals surface area contributed by atoms with Crippen molar-refractivity contribution >= 4 is 44.6 Å². The number of para-hydroxylation sites is 2. The lowest BCUT2D eigenvalue weighted by atomic mass is 9.77. The topological polar surface area (TPSA) is 33.5 Å². The molecule has 1 aliphatic rings. The van der Waals surface area contributed by atoms with Crippen LogP contribution in [-0.2, 0) is 27.1 Å². The summed E-state index contributed by atoms with van der Waals surface area (Å²) in [6.07, 6.45) is 1.91. The summed E-state index contributed by atoms with van der Waals surface area (Å²) in [5.41, 5.74) is 13.2. The minimum absolute atomic E-state index is 0.0338. The quantitative estimate of drug-likeness (QED) is 0.159. The maximum absolute atomic E-state index is 9.48. The zero-order chi connectivity index (χ0) is 56.3. The molecule has 9 aromatic rings. The molecule has 10 rings (SSSR count). The summed E-state index contributed by atoms with van der Waals surface area (Å²) in [6, 6.07) is 43.5. The van der Waals surface area contributed by atoms with Crippen LogP contribution >= 0.6 is 0 Å². The number of benzene rings is 7. The zero-order valence-corrected chi connectivity index (χ0v) is 45.6. The smallest absolute Gasteiger partial charge is 0.137 e. The molecule has 372 valence electrons. The molecule has 2 aromatic heterocycles. The number of rotatable bonds is 7. The first-order valence-corrected chi connectivity index (χ1v) is 25.8. The van der Waals surface area contributed by atoms with Gasteiger partial charge in [-0.3, -0.25) is 4.57 Å². The molecular weight excluding hydrogens is 889 g/mol. The first kappa shape index (κ1) is 43.5. The lowest BCUT2D eigenvalue weighted by molar-refractivity contribution is 0.483. The Morgan fingerprint density at radius 2 is 1.03 bits per heavy atom. The van der Waals surface area contributed by atoms with E-state index in [4.69, 9.17) is 13.8 Å². The first-order chi connectivity index (χ1) is 36.4. The summed E-state index contributed by atoms with van der Waals surface area (Å²) in [7, 11) is 0. The summed E-state index contributed by atoms with van der Waals surface area (Å²) < 4.78 is 54.6. The molecule has 0 unspecified atom stereocenters. The molecule has 0 aliphatic carbocycles. The fourth-order valence-corrected chi connectivity index (χ4v) is 10.1. The molecule has 0 spiro atoms. The number of nitrogens with zero attached hydrogens (tertiary/aromatic N) is 4. The van der Waals surface area contributed by atoms with Gasteiger partial charge < -0.3 is 14.5 Å². The highest BCUT2D eigenvalue weighted by molar-refractivity contribution is 6.10. The van der Waals surface area contributed by atoms with Crippen molar-refractivity contribution in [2.75, 3.05) is 16.5 Å². The van der Waals surface area contributed by atoms with Gasteiger partial charge in [0.25, 0.3) is 0 Å². The highest BCUT2D eigenvalue weighted by Crippen LogP contribution is 2.52. The molecule has 0 saturated carbocycles. The zero-order valence-electron chi connectivity index (χ0n) is 50.6. The van der Waals surface area contributed by atoms with Gasteiger partial charge in [-0.2, -0.15) is 0 Å². The van der Waals surface area contributed by atoms with Gasteiger partial charge in [-0.25, -0.2) is 4.98 Å². The predicted molar refractivity (Wildman–Crippen MR) is 311 cm³/mol. The number of anilines is 4. The lowest BCUT2D eigenvalue weighted by Gasteiger charge is -2.31. The van der Waals surface area contributed by atoms with Crippen LogP contribution in [0.3, 0.4) is 0 Å². The van der Waals surface area contributed by atoms with Crippen LogP contribution in [-0.4, -0.2) is 16.2 Å². The van der Waals surface area contributed by atoms with Gasteiger partial charge in [-0.1, -0.05) is 177 Å². The monoisotopic (exact) mass is 968 g/mol. The van der Waals surface area contributed by atoms with Crippen LogP contribution < -0.4 is 14.5 Å². The maximum atomic E-state index is 9.48. The highest BCUT2D eigenvalue weighted by Gasteiger charge is 2.34. The van der Waals surface area contributed by atoms with Crippen molar-refractivity contribution in [2.24, 2.45) is 0 Å². The summed E-state index contributed by atoms with van der Waals surface area (Å²) in [5.74, 6) is 2.20. The molecule has 73 heavy (non-hydrogen) atoms. The summed E-state index contributed by atoms with van der Waals surface area (Å²) in [6.45, 7) is 33.7. The molecular formula is C68H74N4O. The minimum atomic E-state index is -0.421. The van der Waals surface area contributed by atoms with E-state index in [0.717, 1.165) is 67.1 Å². The van der Waals surface area contributed by atoms with E-state index in [1.165, 1.54) is 22.3 Å². The minimum Gasteiger partial charge on any atom is -0.457 e. The van der Waals surface area contributed by atoms with Gasteiger partial charge in [0.2, 0.25) is 0 Å². The second-order valence-corrected chi connectivity index (χ2v) is 25.2. The third-order valence-electron chi connectivity index (χ3n) is 14.5. The molecule has 5 nitrogen and oxygen atoms in total. The Morgan fingerprint density at radius 3 is 1.66 bits per heavy atom. The Hall–Kier alpha value is -7.11. The molecule has 0 fully saturated rings. The van der Waals surface area contributed by atoms with Gasteiger partial charge in [-0.15, -0.1) is 0 Å². The Balaban J connectivity index is 1.14. The Morgan fingerprint density at radius 1 is 0.452 bits per heavy atom. The fraction of sp³-hybridized carbons (Fsp3) is 0.309. The standard InChI is InChI=1S/C68H74N4O/c1-64(2,3)46-28-31-58-57(37-46)54-30-29-53(42-61(54)72(58)62-40-47(32-33-69-62)65(4,5)6)73-52-25-21-24-51(41-52)70-43-71(60-27-20-19-26-59(60)70)63-55(44-22-17-16-18-23-44)38-50(68(13,14)15)39-56(63)45-34-48(66(7,8)9)36-49(35-45)67(10,11)12/h16-42H,43H2,1-15H3/i16D,17D,18D,22D,23D. The van der Waals surface area contributed by atoms with Gasteiger partial charge in [0.1, 0.15) is 24.0 Å². The number of ether oxygens (including phenoxy) is 1. The predicted octanol–water partition coefficient (Wildman–Crippen LogP) is 19.0. The van der Waals surface area contributed by atoms with E-state index >= 15 is 0 Å². The number of hydrogen-bond acceptors (Lipinski definition) is 4. The maximum Gasteiger partial charge on any atom is 0.137 e. The van der Waals surface area contributed by atoms with Crippen LogP contribution in [0.2, 0.25) is 0 Å². The molecule has 5 heteroatoms. The van der Waals surface area contributed by atoms with Gasteiger partial charge >= 0.3 is 0 Å².